The maximum absolute atomic E-state index is 12.0. The standard InChI is InChI=1S/C12H11ClN2O3S2/c1-20(17,18)9-7-19-11(10(9)13)12(16)15-6-8-3-2-4-14-5-8/h2-5,7H,6H2,1H3,(H,15,16). The van der Waals surface area contributed by atoms with Crippen LogP contribution in [0, 0.1) is 0 Å². The lowest BCUT2D eigenvalue weighted by molar-refractivity contribution is 0.0955. The van der Waals surface area contributed by atoms with Gasteiger partial charge in [-0.1, -0.05) is 17.7 Å². The summed E-state index contributed by atoms with van der Waals surface area (Å²) >= 11 is 6.95. The molecule has 8 heteroatoms. The molecule has 0 aliphatic rings. The zero-order valence-corrected chi connectivity index (χ0v) is 12.8. The fraction of sp³-hybridized carbons (Fsp3) is 0.167. The predicted molar refractivity (Wildman–Crippen MR) is 77.8 cm³/mol. The Hall–Kier alpha value is -1.44. The molecule has 0 aliphatic heterocycles. The molecule has 0 fully saturated rings. The van der Waals surface area contributed by atoms with Crippen LogP contribution in [0.25, 0.3) is 0 Å². The van der Waals surface area contributed by atoms with Gasteiger partial charge in [-0.2, -0.15) is 0 Å². The van der Waals surface area contributed by atoms with Crippen molar-refractivity contribution in [1.82, 2.24) is 10.3 Å². The number of nitrogens with one attached hydrogen (secondary N) is 1. The Labute approximate surface area is 125 Å². The topological polar surface area (TPSA) is 76.1 Å². The molecule has 0 unspecified atom stereocenters. The largest absolute Gasteiger partial charge is 0.347 e. The van der Waals surface area contributed by atoms with E-state index in [9.17, 15) is 13.2 Å². The monoisotopic (exact) mass is 330 g/mol. The maximum atomic E-state index is 12.0. The van der Waals surface area contributed by atoms with Gasteiger partial charge in [0.1, 0.15) is 4.88 Å². The van der Waals surface area contributed by atoms with Crippen LogP contribution in [0.5, 0.6) is 0 Å². The Balaban J connectivity index is 2.13. The van der Waals surface area contributed by atoms with E-state index in [0.29, 0.717) is 6.54 Å². The molecule has 2 aromatic rings. The Morgan fingerprint density at radius 2 is 2.25 bits per heavy atom. The van der Waals surface area contributed by atoms with Crippen molar-refractivity contribution in [3.63, 3.8) is 0 Å². The highest BCUT2D eigenvalue weighted by atomic mass is 35.5. The van der Waals surface area contributed by atoms with Crippen LogP contribution in [0.4, 0.5) is 0 Å². The molecule has 5 nitrogen and oxygen atoms in total. The van der Waals surface area contributed by atoms with E-state index >= 15 is 0 Å². The minimum atomic E-state index is -3.42. The number of rotatable bonds is 4. The van der Waals surface area contributed by atoms with Crippen molar-refractivity contribution in [3.05, 3.63) is 45.4 Å². The van der Waals surface area contributed by atoms with Crippen molar-refractivity contribution in [3.8, 4) is 0 Å². The number of halogens is 1. The normalized spacial score (nSPS) is 11.3. The van der Waals surface area contributed by atoms with Crippen LogP contribution in [0.15, 0.2) is 34.8 Å². The zero-order valence-electron chi connectivity index (χ0n) is 10.5. The number of pyridine rings is 1. The van der Waals surface area contributed by atoms with Gasteiger partial charge in [-0.3, -0.25) is 9.78 Å². The summed E-state index contributed by atoms with van der Waals surface area (Å²) in [4.78, 5) is 16.1. The molecule has 0 aliphatic carbocycles. The molecular formula is C12H11ClN2O3S2. The number of nitrogens with zero attached hydrogens (tertiary/aromatic N) is 1. The van der Waals surface area contributed by atoms with Gasteiger partial charge in [0, 0.05) is 30.6 Å². The second-order valence-electron chi connectivity index (χ2n) is 4.06. The summed E-state index contributed by atoms with van der Waals surface area (Å²) in [5.74, 6) is -0.404. The highest BCUT2D eigenvalue weighted by molar-refractivity contribution is 7.91. The van der Waals surface area contributed by atoms with Gasteiger partial charge < -0.3 is 5.32 Å². The minimum absolute atomic E-state index is 0.0179. The third-order valence-electron chi connectivity index (χ3n) is 2.48. The number of carbonyl (C=O) groups is 1. The molecule has 20 heavy (non-hydrogen) atoms. The molecule has 0 atom stereocenters. The van der Waals surface area contributed by atoms with E-state index in [1.807, 2.05) is 6.07 Å². The van der Waals surface area contributed by atoms with Gasteiger partial charge in [0.15, 0.2) is 9.84 Å². The third kappa shape index (κ3) is 3.36. The fourth-order valence-corrected chi connectivity index (χ4v) is 4.33. The number of sulfone groups is 1. The summed E-state index contributed by atoms with van der Waals surface area (Å²) < 4.78 is 22.9. The van der Waals surface area contributed by atoms with Gasteiger partial charge in [0.05, 0.1) is 9.92 Å². The number of hydrogen-bond donors (Lipinski definition) is 1. The van der Waals surface area contributed by atoms with Gasteiger partial charge in [0.25, 0.3) is 5.91 Å². The molecule has 0 saturated carbocycles. The summed E-state index contributed by atoms with van der Waals surface area (Å²) in [5, 5.41) is 4.02. The molecule has 2 heterocycles. The lowest BCUT2D eigenvalue weighted by atomic mass is 10.3. The van der Waals surface area contributed by atoms with Crippen LogP contribution in [-0.4, -0.2) is 25.6 Å². The fourth-order valence-electron chi connectivity index (χ4n) is 1.50. The van der Waals surface area contributed by atoms with E-state index in [1.165, 1.54) is 5.38 Å². The molecule has 0 spiro atoms. The Morgan fingerprint density at radius 1 is 1.50 bits per heavy atom. The summed E-state index contributed by atoms with van der Waals surface area (Å²) in [6.45, 7) is 0.301. The molecule has 0 radical (unpaired) electrons. The van der Waals surface area contributed by atoms with Crippen LogP contribution in [0.3, 0.4) is 0 Å². The first-order valence-corrected chi connectivity index (χ1v) is 8.68. The van der Waals surface area contributed by atoms with Crippen molar-refractivity contribution in [2.75, 3.05) is 6.26 Å². The second kappa shape index (κ2) is 5.90. The van der Waals surface area contributed by atoms with Crippen molar-refractivity contribution >= 4 is 38.7 Å². The molecule has 0 saturated heterocycles. The third-order valence-corrected chi connectivity index (χ3v) is 5.35. The van der Waals surface area contributed by atoms with Crippen molar-refractivity contribution in [1.29, 1.82) is 0 Å². The zero-order chi connectivity index (χ0) is 14.8. The first-order valence-electron chi connectivity index (χ1n) is 5.53. The number of carbonyl (C=O) groups excluding carboxylic acids is 1. The van der Waals surface area contributed by atoms with Gasteiger partial charge >= 0.3 is 0 Å². The highest BCUT2D eigenvalue weighted by Crippen LogP contribution is 2.31. The van der Waals surface area contributed by atoms with E-state index in [4.69, 9.17) is 11.6 Å². The number of thiophene rings is 1. The molecule has 0 aromatic carbocycles. The Kier molecular flexibility index (Phi) is 4.42. The lowest BCUT2D eigenvalue weighted by Crippen LogP contribution is -2.22. The van der Waals surface area contributed by atoms with Crippen molar-refractivity contribution < 1.29 is 13.2 Å². The van der Waals surface area contributed by atoms with Crippen LogP contribution < -0.4 is 5.32 Å². The van der Waals surface area contributed by atoms with Crippen LogP contribution in [0.2, 0.25) is 5.02 Å². The first-order chi connectivity index (χ1) is 9.39. The van der Waals surface area contributed by atoms with E-state index in [-0.39, 0.29) is 14.8 Å². The molecule has 1 amide bonds. The average molecular weight is 331 g/mol. The molecular weight excluding hydrogens is 320 g/mol. The highest BCUT2D eigenvalue weighted by Gasteiger charge is 2.21. The first kappa shape index (κ1) is 15.0. The molecule has 0 bridgehead atoms. The second-order valence-corrected chi connectivity index (χ2v) is 7.30. The average Bonchev–Trinajstić information content (AvgIpc) is 2.79. The molecule has 1 N–H and O–H groups in total. The van der Waals surface area contributed by atoms with Crippen LogP contribution in [0.1, 0.15) is 15.2 Å². The molecule has 2 aromatic heterocycles. The number of aromatic nitrogens is 1. The quantitative estimate of drug-likeness (QED) is 0.931. The van der Waals surface area contributed by atoms with Crippen LogP contribution in [-0.2, 0) is 16.4 Å². The Bertz CT molecular complexity index is 726. The smallest absolute Gasteiger partial charge is 0.263 e. The van der Waals surface area contributed by atoms with E-state index in [1.54, 1.807) is 18.5 Å². The van der Waals surface area contributed by atoms with E-state index in [2.05, 4.69) is 10.3 Å². The summed E-state index contributed by atoms with van der Waals surface area (Å²) in [6, 6.07) is 3.59. The summed E-state index contributed by atoms with van der Waals surface area (Å²) in [6.07, 6.45) is 4.33. The van der Waals surface area contributed by atoms with Crippen molar-refractivity contribution in [2.24, 2.45) is 0 Å². The van der Waals surface area contributed by atoms with E-state index in [0.717, 1.165) is 23.2 Å². The van der Waals surface area contributed by atoms with Gasteiger partial charge in [-0.15, -0.1) is 11.3 Å². The SMILES string of the molecule is CS(=O)(=O)c1csc(C(=O)NCc2cccnc2)c1Cl. The van der Waals surface area contributed by atoms with Gasteiger partial charge in [0.2, 0.25) is 0 Å². The number of amides is 1. The summed E-state index contributed by atoms with van der Waals surface area (Å²) in [7, 11) is -3.42. The van der Waals surface area contributed by atoms with Crippen molar-refractivity contribution in [2.45, 2.75) is 11.4 Å². The minimum Gasteiger partial charge on any atom is -0.347 e. The summed E-state index contributed by atoms with van der Waals surface area (Å²) in [5.41, 5.74) is 0.844. The van der Waals surface area contributed by atoms with Gasteiger partial charge in [-0.25, -0.2) is 8.42 Å². The van der Waals surface area contributed by atoms with Crippen LogP contribution >= 0.6 is 22.9 Å². The molecule has 106 valence electrons. The number of hydrogen-bond acceptors (Lipinski definition) is 5. The van der Waals surface area contributed by atoms with Gasteiger partial charge in [-0.05, 0) is 11.6 Å². The lowest BCUT2D eigenvalue weighted by Gasteiger charge is -2.04. The predicted octanol–water partition coefficient (Wildman–Crippen LogP) is 2.13. The Morgan fingerprint density at radius 3 is 2.80 bits per heavy atom. The molecule has 2 rings (SSSR count). The maximum Gasteiger partial charge on any atom is 0.263 e. The van der Waals surface area contributed by atoms with E-state index < -0.39 is 15.7 Å².